The summed E-state index contributed by atoms with van der Waals surface area (Å²) in [5, 5.41) is 12.0. The molecule has 0 aromatic carbocycles. The minimum Gasteiger partial charge on any atom is -0.480 e. The monoisotopic (exact) mass is 213 g/mol. The first-order valence-corrected chi connectivity index (χ1v) is 6.01. The molecule has 88 valence electrons. The molecule has 3 heteroatoms. The first kappa shape index (κ1) is 12.5. The van der Waals surface area contributed by atoms with Gasteiger partial charge in [0.15, 0.2) is 0 Å². The highest BCUT2D eigenvalue weighted by Gasteiger charge is 2.27. The number of rotatable bonds is 4. The third kappa shape index (κ3) is 3.49. The Morgan fingerprint density at radius 2 is 1.93 bits per heavy atom. The number of hydrogen-bond donors (Lipinski definition) is 2. The lowest BCUT2D eigenvalue weighted by atomic mass is 9.76. The van der Waals surface area contributed by atoms with E-state index in [1.807, 2.05) is 0 Å². The average Bonchev–Trinajstić information content (AvgIpc) is 2.18. The normalized spacial score (nSPS) is 30.9. The van der Waals surface area contributed by atoms with Gasteiger partial charge in [-0.05, 0) is 32.1 Å². The number of carboxylic acids is 1. The molecule has 0 bridgehead atoms. The minimum atomic E-state index is -0.759. The average molecular weight is 213 g/mol. The van der Waals surface area contributed by atoms with Gasteiger partial charge in [0, 0.05) is 6.04 Å². The summed E-state index contributed by atoms with van der Waals surface area (Å²) >= 11 is 0. The Bertz CT molecular complexity index is 218. The Balaban J connectivity index is 2.44. The van der Waals surface area contributed by atoms with Crippen LogP contribution in [0.5, 0.6) is 0 Å². The molecule has 1 aliphatic carbocycles. The van der Waals surface area contributed by atoms with E-state index in [0.29, 0.717) is 12.0 Å². The van der Waals surface area contributed by atoms with Crippen molar-refractivity contribution in [3.63, 3.8) is 0 Å². The van der Waals surface area contributed by atoms with Crippen molar-refractivity contribution in [2.75, 3.05) is 0 Å². The van der Waals surface area contributed by atoms with Crippen molar-refractivity contribution >= 4 is 5.97 Å². The Kier molecular flexibility index (Phi) is 4.58. The molecule has 0 heterocycles. The molecule has 0 saturated heterocycles. The van der Waals surface area contributed by atoms with E-state index in [-0.39, 0.29) is 0 Å². The van der Waals surface area contributed by atoms with Crippen molar-refractivity contribution in [2.45, 2.75) is 58.5 Å². The van der Waals surface area contributed by atoms with Crippen LogP contribution in [0, 0.1) is 11.8 Å². The van der Waals surface area contributed by atoms with Gasteiger partial charge in [0.05, 0.1) is 0 Å². The zero-order valence-corrected chi connectivity index (χ0v) is 9.99. The molecule has 1 rings (SSSR count). The van der Waals surface area contributed by atoms with Crippen LogP contribution in [0.15, 0.2) is 0 Å². The number of nitrogens with one attached hydrogen (secondary N) is 1. The fourth-order valence-electron chi connectivity index (χ4n) is 2.68. The molecule has 1 fully saturated rings. The van der Waals surface area contributed by atoms with Gasteiger partial charge in [-0.3, -0.25) is 4.79 Å². The second kappa shape index (κ2) is 5.50. The Labute approximate surface area is 92.3 Å². The van der Waals surface area contributed by atoms with Crippen molar-refractivity contribution in [3.8, 4) is 0 Å². The summed E-state index contributed by atoms with van der Waals surface area (Å²) in [7, 11) is 0. The minimum absolute atomic E-state index is 0.311. The molecule has 3 nitrogen and oxygen atoms in total. The van der Waals surface area contributed by atoms with Gasteiger partial charge < -0.3 is 10.4 Å². The lowest BCUT2D eigenvalue weighted by Crippen LogP contribution is -2.45. The van der Waals surface area contributed by atoms with E-state index in [1.165, 1.54) is 25.7 Å². The van der Waals surface area contributed by atoms with Gasteiger partial charge in [-0.2, -0.15) is 0 Å². The fourth-order valence-corrected chi connectivity index (χ4v) is 2.68. The van der Waals surface area contributed by atoms with Crippen LogP contribution in [-0.2, 0) is 4.79 Å². The first-order chi connectivity index (χ1) is 7.02. The van der Waals surface area contributed by atoms with Gasteiger partial charge in [0.2, 0.25) is 0 Å². The van der Waals surface area contributed by atoms with Gasteiger partial charge in [-0.15, -0.1) is 0 Å². The van der Waals surface area contributed by atoms with E-state index in [0.717, 1.165) is 5.92 Å². The largest absolute Gasteiger partial charge is 0.480 e. The van der Waals surface area contributed by atoms with Gasteiger partial charge >= 0.3 is 5.97 Å². The van der Waals surface area contributed by atoms with Gasteiger partial charge in [-0.25, -0.2) is 0 Å². The quantitative estimate of drug-likeness (QED) is 0.753. The third-order valence-electron chi connectivity index (χ3n) is 3.70. The summed E-state index contributed by atoms with van der Waals surface area (Å²) < 4.78 is 0. The van der Waals surface area contributed by atoms with Crippen LogP contribution in [0.1, 0.15) is 46.5 Å². The van der Waals surface area contributed by atoms with Crippen molar-refractivity contribution < 1.29 is 9.90 Å². The van der Waals surface area contributed by atoms with Crippen LogP contribution in [0.2, 0.25) is 0 Å². The van der Waals surface area contributed by atoms with Crippen molar-refractivity contribution in [2.24, 2.45) is 11.8 Å². The summed E-state index contributed by atoms with van der Waals surface area (Å²) in [5.74, 6) is 0.605. The van der Waals surface area contributed by atoms with E-state index in [2.05, 4.69) is 19.2 Å². The highest BCUT2D eigenvalue weighted by molar-refractivity contribution is 5.72. The first-order valence-electron chi connectivity index (χ1n) is 6.01. The number of carbonyl (C=O) groups is 1. The van der Waals surface area contributed by atoms with Crippen molar-refractivity contribution in [1.29, 1.82) is 0 Å². The van der Waals surface area contributed by atoms with E-state index < -0.39 is 12.0 Å². The van der Waals surface area contributed by atoms with Gasteiger partial charge in [0.1, 0.15) is 6.04 Å². The van der Waals surface area contributed by atoms with E-state index in [4.69, 9.17) is 5.11 Å². The molecular formula is C12H23NO2. The topological polar surface area (TPSA) is 49.3 Å². The van der Waals surface area contributed by atoms with Crippen molar-refractivity contribution in [3.05, 3.63) is 0 Å². The predicted molar refractivity (Wildman–Crippen MR) is 60.8 cm³/mol. The molecule has 1 saturated carbocycles. The molecule has 0 aliphatic heterocycles. The van der Waals surface area contributed by atoms with Gasteiger partial charge in [0.25, 0.3) is 0 Å². The molecule has 0 radical (unpaired) electrons. The molecule has 0 aromatic heterocycles. The van der Waals surface area contributed by atoms with E-state index in [1.54, 1.807) is 6.92 Å². The Morgan fingerprint density at radius 1 is 1.33 bits per heavy atom. The molecule has 1 aliphatic rings. The summed E-state index contributed by atoms with van der Waals surface area (Å²) in [6, 6.07) is -0.125. The van der Waals surface area contributed by atoms with Crippen LogP contribution in [-0.4, -0.2) is 23.2 Å². The zero-order chi connectivity index (χ0) is 11.4. The predicted octanol–water partition coefficient (Wildman–Crippen LogP) is 2.26. The number of aliphatic carboxylic acids is 1. The lowest BCUT2D eigenvalue weighted by molar-refractivity contribution is -0.139. The summed E-state index contributed by atoms with van der Waals surface area (Å²) in [5.41, 5.74) is 0. The third-order valence-corrected chi connectivity index (χ3v) is 3.70. The molecule has 0 spiro atoms. The van der Waals surface area contributed by atoms with Crippen LogP contribution >= 0.6 is 0 Å². The maximum Gasteiger partial charge on any atom is 0.320 e. The SMILES string of the molecule is CC1CCCCC1C(C)N[C@@H](C)C(=O)O. The zero-order valence-electron chi connectivity index (χ0n) is 9.99. The molecule has 3 unspecified atom stereocenters. The highest BCUT2D eigenvalue weighted by atomic mass is 16.4. The van der Waals surface area contributed by atoms with Crippen LogP contribution in [0.25, 0.3) is 0 Å². The smallest absolute Gasteiger partial charge is 0.320 e. The molecular weight excluding hydrogens is 190 g/mol. The maximum absolute atomic E-state index is 10.7. The summed E-state index contributed by atoms with van der Waals surface area (Å²) in [6.07, 6.45) is 5.15. The molecule has 0 aromatic rings. The van der Waals surface area contributed by atoms with Crippen molar-refractivity contribution in [1.82, 2.24) is 5.32 Å². The van der Waals surface area contributed by atoms with Crippen LogP contribution < -0.4 is 5.32 Å². The van der Waals surface area contributed by atoms with E-state index >= 15 is 0 Å². The molecule has 15 heavy (non-hydrogen) atoms. The second-order valence-electron chi connectivity index (χ2n) is 4.94. The maximum atomic E-state index is 10.7. The molecule has 4 atom stereocenters. The standard InChI is InChI=1S/C12H23NO2/c1-8-6-4-5-7-11(8)9(2)13-10(3)12(14)15/h8-11,13H,4-7H2,1-3H3,(H,14,15)/t8?,9?,10-,11?/m0/s1. The summed E-state index contributed by atoms with van der Waals surface area (Å²) in [6.45, 7) is 6.12. The molecule has 0 amide bonds. The van der Waals surface area contributed by atoms with Crippen LogP contribution in [0.3, 0.4) is 0 Å². The Morgan fingerprint density at radius 3 is 2.47 bits per heavy atom. The summed E-state index contributed by atoms with van der Waals surface area (Å²) in [4.78, 5) is 10.7. The van der Waals surface area contributed by atoms with Gasteiger partial charge in [-0.1, -0.05) is 26.2 Å². The second-order valence-corrected chi connectivity index (χ2v) is 4.94. The number of hydrogen-bond acceptors (Lipinski definition) is 2. The number of carboxylic acid groups (broad SMARTS) is 1. The highest BCUT2D eigenvalue weighted by Crippen LogP contribution is 2.31. The lowest BCUT2D eigenvalue weighted by Gasteiger charge is -2.34. The van der Waals surface area contributed by atoms with E-state index in [9.17, 15) is 4.79 Å². The Hall–Kier alpha value is -0.570. The molecule has 2 N–H and O–H groups in total. The van der Waals surface area contributed by atoms with Crippen LogP contribution in [0.4, 0.5) is 0 Å². The fraction of sp³-hybridized carbons (Fsp3) is 0.917.